The number of nitrogens with zero attached hydrogens (tertiary/aromatic N) is 2. The summed E-state index contributed by atoms with van der Waals surface area (Å²) in [5.41, 5.74) is 0.533. The first-order chi connectivity index (χ1) is 11.2. The molecule has 7 nitrogen and oxygen atoms in total. The molecule has 124 valence electrons. The molecular formula is C17H16N2O5. The van der Waals surface area contributed by atoms with E-state index in [1.165, 1.54) is 6.07 Å². The summed E-state index contributed by atoms with van der Waals surface area (Å²) in [7, 11) is 0. The van der Waals surface area contributed by atoms with E-state index in [0.717, 1.165) is 16.0 Å². The van der Waals surface area contributed by atoms with Crippen molar-refractivity contribution in [3.63, 3.8) is 0 Å². The zero-order chi connectivity index (χ0) is 17.4. The number of nitro benzene ring substituents is 1. The number of hydrogen-bond acceptors (Lipinski definition) is 5. The van der Waals surface area contributed by atoms with Crippen molar-refractivity contribution >= 4 is 23.2 Å². The quantitative estimate of drug-likeness (QED) is 0.359. The molecule has 0 aromatic heterocycles. The predicted molar refractivity (Wildman–Crippen MR) is 84.5 cm³/mol. The fraction of sp³-hybridized carbons (Fsp3) is 0.412. The number of rotatable bonds is 2. The number of carbonyl (C=O) groups excluding carboxylic acids is 2. The molecule has 4 atom stereocenters. The Hall–Kier alpha value is -2.54. The highest BCUT2D eigenvalue weighted by molar-refractivity contribution is 6.24. The third kappa shape index (κ3) is 1.70. The van der Waals surface area contributed by atoms with Gasteiger partial charge in [0.25, 0.3) is 5.69 Å². The van der Waals surface area contributed by atoms with Crippen molar-refractivity contribution in [2.75, 3.05) is 4.90 Å². The number of hydrogen-bond donors (Lipinski definition) is 0. The Bertz CT molecular complexity index is 846. The van der Waals surface area contributed by atoms with E-state index in [1.54, 1.807) is 32.9 Å². The summed E-state index contributed by atoms with van der Waals surface area (Å²) in [6.07, 6.45) is 3.17. The average Bonchev–Trinajstić information content (AvgIpc) is 3.11. The van der Waals surface area contributed by atoms with Gasteiger partial charge < -0.3 is 4.74 Å². The Balaban J connectivity index is 1.85. The first-order valence-electron chi connectivity index (χ1n) is 7.75. The van der Waals surface area contributed by atoms with E-state index in [9.17, 15) is 19.7 Å². The fourth-order valence-electron chi connectivity index (χ4n) is 4.00. The Kier molecular flexibility index (Phi) is 2.82. The highest BCUT2D eigenvalue weighted by Gasteiger charge is 2.66. The highest BCUT2D eigenvalue weighted by atomic mass is 16.6. The Morgan fingerprint density at radius 3 is 2.50 bits per heavy atom. The van der Waals surface area contributed by atoms with Crippen molar-refractivity contribution in [1.82, 2.24) is 0 Å². The first-order valence-corrected chi connectivity index (χ1v) is 7.75. The number of imide groups is 1. The molecule has 2 saturated heterocycles. The van der Waals surface area contributed by atoms with Crippen LogP contribution in [0.5, 0.6) is 0 Å². The smallest absolute Gasteiger partial charge is 0.293 e. The molecule has 0 saturated carbocycles. The van der Waals surface area contributed by atoms with Crippen molar-refractivity contribution in [1.29, 1.82) is 0 Å². The van der Waals surface area contributed by atoms with Crippen LogP contribution in [-0.2, 0) is 14.3 Å². The molecule has 2 bridgehead atoms. The minimum absolute atomic E-state index is 0.0514. The molecule has 2 fully saturated rings. The van der Waals surface area contributed by atoms with Crippen LogP contribution in [0.3, 0.4) is 0 Å². The molecule has 0 spiro atoms. The van der Waals surface area contributed by atoms with Crippen LogP contribution in [0, 0.1) is 35.8 Å². The minimum Gasteiger partial charge on any atom is -0.362 e. The van der Waals surface area contributed by atoms with Gasteiger partial charge in [0.05, 0.1) is 28.5 Å². The van der Waals surface area contributed by atoms with E-state index in [2.05, 4.69) is 0 Å². The number of benzene rings is 1. The summed E-state index contributed by atoms with van der Waals surface area (Å²) in [6.45, 7) is 5.33. The molecule has 1 aromatic carbocycles. The molecule has 2 amide bonds. The van der Waals surface area contributed by atoms with E-state index >= 15 is 0 Å². The van der Waals surface area contributed by atoms with E-state index < -0.39 is 40.3 Å². The van der Waals surface area contributed by atoms with Crippen LogP contribution < -0.4 is 4.90 Å². The number of carbonyl (C=O) groups is 2. The zero-order valence-corrected chi connectivity index (χ0v) is 13.5. The SMILES string of the molecule is Cc1cc(N2C(=O)[C@H]3[C@@H](C2=O)[C@]2(C)C=C[C@H]3O2)c([N+](=O)[O-])cc1C. The largest absolute Gasteiger partial charge is 0.362 e. The van der Waals surface area contributed by atoms with Gasteiger partial charge in [-0.05, 0) is 38.0 Å². The molecule has 3 aliphatic heterocycles. The van der Waals surface area contributed by atoms with E-state index in [4.69, 9.17) is 4.74 Å². The lowest BCUT2D eigenvalue weighted by molar-refractivity contribution is -0.384. The van der Waals surface area contributed by atoms with Crippen LogP contribution in [0.1, 0.15) is 18.1 Å². The normalized spacial score (nSPS) is 33.5. The van der Waals surface area contributed by atoms with E-state index in [0.29, 0.717) is 0 Å². The summed E-state index contributed by atoms with van der Waals surface area (Å²) in [5, 5.41) is 11.4. The monoisotopic (exact) mass is 328 g/mol. The highest BCUT2D eigenvalue weighted by Crippen LogP contribution is 2.53. The van der Waals surface area contributed by atoms with Crippen molar-refractivity contribution in [2.24, 2.45) is 11.8 Å². The molecule has 3 heterocycles. The van der Waals surface area contributed by atoms with Crippen LogP contribution in [0.4, 0.5) is 11.4 Å². The van der Waals surface area contributed by atoms with Gasteiger partial charge in [-0.25, -0.2) is 4.90 Å². The third-order valence-electron chi connectivity index (χ3n) is 5.36. The first kappa shape index (κ1) is 15.0. The molecule has 24 heavy (non-hydrogen) atoms. The van der Waals surface area contributed by atoms with Crippen LogP contribution in [-0.4, -0.2) is 28.4 Å². The van der Waals surface area contributed by atoms with Gasteiger partial charge in [-0.1, -0.05) is 12.2 Å². The molecule has 4 rings (SSSR count). The maximum absolute atomic E-state index is 12.9. The maximum Gasteiger partial charge on any atom is 0.293 e. The molecule has 0 unspecified atom stereocenters. The summed E-state index contributed by atoms with van der Waals surface area (Å²) < 4.78 is 5.76. The van der Waals surface area contributed by atoms with Gasteiger partial charge in [-0.3, -0.25) is 19.7 Å². The van der Waals surface area contributed by atoms with Crippen molar-refractivity contribution < 1.29 is 19.2 Å². The van der Waals surface area contributed by atoms with Gasteiger partial charge in [0.2, 0.25) is 11.8 Å². The van der Waals surface area contributed by atoms with Crippen LogP contribution in [0.2, 0.25) is 0 Å². The van der Waals surface area contributed by atoms with Crippen molar-refractivity contribution in [3.05, 3.63) is 45.5 Å². The Labute approximate surface area is 138 Å². The number of ether oxygens (including phenoxy) is 1. The summed E-state index contributed by atoms with van der Waals surface area (Å²) in [5.74, 6) is -2.07. The van der Waals surface area contributed by atoms with Crippen molar-refractivity contribution in [2.45, 2.75) is 32.5 Å². The van der Waals surface area contributed by atoms with Gasteiger partial charge in [-0.15, -0.1) is 0 Å². The zero-order valence-electron chi connectivity index (χ0n) is 13.5. The second-order valence-electron chi connectivity index (χ2n) is 6.82. The molecule has 0 N–H and O–H groups in total. The second kappa shape index (κ2) is 4.51. The van der Waals surface area contributed by atoms with Gasteiger partial charge >= 0.3 is 0 Å². The van der Waals surface area contributed by atoms with Gasteiger partial charge in [0, 0.05) is 6.07 Å². The van der Waals surface area contributed by atoms with Crippen LogP contribution >= 0.6 is 0 Å². The summed E-state index contributed by atoms with van der Waals surface area (Å²) >= 11 is 0. The molecule has 1 aromatic rings. The second-order valence-corrected chi connectivity index (χ2v) is 6.82. The van der Waals surface area contributed by atoms with Gasteiger partial charge in [0.1, 0.15) is 5.69 Å². The summed E-state index contributed by atoms with van der Waals surface area (Å²) in [4.78, 5) is 37.7. The maximum atomic E-state index is 12.9. The van der Waals surface area contributed by atoms with Gasteiger partial charge in [-0.2, -0.15) is 0 Å². The van der Waals surface area contributed by atoms with Crippen LogP contribution in [0.25, 0.3) is 0 Å². The molecular weight excluding hydrogens is 312 g/mol. The van der Waals surface area contributed by atoms with E-state index in [1.807, 2.05) is 6.08 Å². The Morgan fingerprint density at radius 2 is 1.88 bits per heavy atom. The van der Waals surface area contributed by atoms with Crippen molar-refractivity contribution in [3.8, 4) is 0 Å². The number of nitro groups is 1. The van der Waals surface area contributed by atoms with Gasteiger partial charge in [0.15, 0.2) is 0 Å². The molecule has 0 radical (unpaired) electrons. The summed E-state index contributed by atoms with van der Waals surface area (Å²) in [6, 6.07) is 2.95. The molecule has 0 aliphatic carbocycles. The number of amides is 2. The number of fused-ring (bicyclic) bond motifs is 5. The Morgan fingerprint density at radius 1 is 1.21 bits per heavy atom. The minimum atomic E-state index is -0.814. The third-order valence-corrected chi connectivity index (χ3v) is 5.36. The number of aryl methyl sites for hydroxylation is 2. The lowest BCUT2D eigenvalue weighted by Gasteiger charge is -2.24. The van der Waals surface area contributed by atoms with E-state index in [-0.39, 0.29) is 11.4 Å². The van der Waals surface area contributed by atoms with Crippen LogP contribution in [0.15, 0.2) is 24.3 Å². The molecule has 7 heteroatoms. The fourth-order valence-corrected chi connectivity index (χ4v) is 4.00. The predicted octanol–water partition coefficient (Wildman–Crippen LogP) is 2.04. The lowest BCUT2D eigenvalue weighted by atomic mass is 9.78. The molecule has 3 aliphatic rings. The average molecular weight is 328 g/mol. The number of anilines is 1. The lowest BCUT2D eigenvalue weighted by Crippen LogP contribution is -2.38. The topological polar surface area (TPSA) is 89.8 Å². The standard InChI is InChI=1S/C17H16N2O5/c1-8-6-10(11(19(22)23)7-9(8)2)18-15(20)13-12-4-5-17(3,24-12)14(13)16(18)21/h4-7,12-14H,1-3H3/t12-,13-,14+,17+/m1/s1.